The number of ether oxygens (including phenoxy) is 2. The zero-order valence-corrected chi connectivity index (χ0v) is 16.4. The summed E-state index contributed by atoms with van der Waals surface area (Å²) in [5, 5.41) is 0. The predicted molar refractivity (Wildman–Crippen MR) is 104 cm³/mol. The van der Waals surface area contributed by atoms with Crippen LogP contribution in [0.4, 0.5) is 11.4 Å². The lowest BCUT2D eigenvalue weighted by molar-refractivity contribution is -0.149. The maximum atomic E-state index is 11.9. The second-order valence-electron chi connectivity index (χ2n) is 5.73. The van der Waals surface area contributed by atoms with Gasteiger partial charge in [-0.25, -0.2) is 0 Å². The summed E-state index contributed by atoms with van der Waals surface area (Å²) in [6.45, 7) is 6.13. The molecule has 0 amide bonds. The Bertz CT molecular complexity index is 720. The van der Waals surface area contributed by atoms with Crippen LogP contribution < -0.4 is 0 Å². The third-order valence-electron chi connectivity index (χ3n) is 3.56. The molecule has 0 saturated carbocycles. The number of aliphatic imine (C=N–C) groups is 2. The molecule has 1 aromatic carbocycles. The number of nitrogens with zero attached hydrogens (tertiary/aromatic N) is 2. The first-order valence-electron chi connectivity index (χ1n) is 8.83. The van der Waals surface area contributed by atoms with Crippen molar-refractivity contribution in [3.8, 4) is 0 Å². The van der Waals surface area contributed by atoms with E-state index in [4.69, 9.17) is 9.47 Å². The molecule has 0 saturated heterocycles. The Kier molecular flexibility index (Phi) is 9.42. The van der Waals surface area contributed by atoms with E-state index >= 15 is 0 Å². The molecule has 0 fully saturated rings. The number of ketones is 2. The van der Waals surface area contributed by atoms with Crippen molar-refractivity contribution in [3.63, 3.8) is 0 Å². The summed E-state index contributed by atoms with van der Waals surface area (Å²) in [6.07, 6.45) is 2.39. The summed E-state index contributed by atoms with van der Waals surface area (Å²) in [5.74, 6) is -4.41. The van der Waals surface area contributed by atoms with Gasteiger partial charge in [-0.3, -0.25) is 29.2 Å². The highest BCUT2D eigenvalue weighted by Crippen LogP contribution is 2.27. The van der Waals surface area contributed by atoms with Crippen LogP contribution in [-0.4, -0.2) is 49.1 Å². The summed E-state index contributed by atoms with van der Waals surface area (Å²) in [5.41, 5.74) is 0.723. The van der Waals surface area contributed by atoms with Gasteiger partial charge in [0.15, 0.2) is 11.8 Å². The first-order valence-corrected chi connectivity index (χ1v) is 8.83. The average Bonchev–Trinajstić information content (AvgIpc) is 2.63. The number of Topliss-reactive ketones (excluding diaryl/α,β-unsaturated/α-hetero) is 2. The van der Waals surface area contributed by atoms with Crippen molar-refractivity contribution in [1.82, 2.24) is 0 Å². The van der Waals surface area contributed by atoms with Gasteiger partial charge >= 0.3 is 11.9 Å². The summed E-state index contributed by atoms with van der Waals surface area (Å²) >= 11 is 0. The third kappa shape index (κ3) is 6.86. The lowest BCUT2D eigenvalue weighted by Crippen LogP contribution is -2.25. The van der Waals surface area contributed by atoms with Crippen molar-refractivity contribution in [2.24, 2.45) is 21.8 Å². The normalized spacial score (nSPS) is 13.3. The lowest BCUT2D eigenvalue weighted by Gasteiger charge is -2.08. The fourth-order valence-corrected chi connectivity index (χ4v) is 2.12. The highest BCUT2D eigenvalue weighted by molar-refractivity contribution is 6.12. The maximum Gasteiger partial charge on any atom is 0.321 e. The second kappa shape index (κ2) is 11.5. The van der Waals surface area contributed by atoms with E-state index in [1.165, 1.54) is 26.3 Å². The number of carbonyl (C=O) groups excluding carboxylic acids is 4. The van der Waals surface area contributed by atoms with Crippen LogP contribution in [0.25, 0.3) is 0 Å². The van der Waals surface area contributed by atoms with Crippen LogP contribution in [0.2, 0.25) is 0 Å². The molecule has 28 heavy (non-hydrogen) atoms. The SMILES string of the molecule is CCOC(=O)C(C=Nc1ccccc1N=CC(C(C)=O)C(=O)OCC)C(C)=O. The van der Waals surface area contributed by atoms with Gasteiger partial charge in [0.05, 0.1) is 24.6 Å². The number of rotatable bonds is 10. The molecule has 0 aliphatic heterocycles. The van der Waals surface area contributed by atoms with E-state index in [2.05, 4.69) is 9.98 Å². The number of carbonyl (C=O) groups is 4. The van der Waals surface area contributed by atoms with Crippen LogP contribution in [0.15, 0.2) is 34.3 Å². The highest BCUT2D eigenvalue weighted by atomic mass is 16.5. The van der Waals surface area contributed by atoms with Gasteiger partial charge in [0.25, 0.3) is 0 Å². The molecule has 0 bridgehead atoms. The Morgan fingerprint density at radius 3 is 1.46 bits per heavy atom. The Balaban J connectivity index is 3.12. The third-order valence-corrected chi connectivity index (χ3v) is 3.56. The zero-order chi connectivity index (χ0) is 21.1. The molecule has 0 aliphatic rings. The Morgan fingerprint density at radius 2 is 1.18 bits per heavy atom. The fraction of sp³-hybridized carbons (Fsp3) is 0.400. The molecular weight excluding hydrogens is 364 g/mol. The molecule has 8 nitrogen and oxygen atoms in total. The number of para-hydroxylation sites is 2. The summed E-state index contributed by atoms with van der Waals surface area (Å²) in [7, 11) is 0. The van der Waals surface area contributed by atoms with Crippen LogP contribution in [0.3, 0.4) is 0 Å². The van der Waals surface area contributed by atoms with Gasteiger partial charge in [0, 0.05) is 12.4 Å². The van der Waals surface area contributed by atoms with E-state index in [1.807, 2.05) is 0 Å². The quantitative estimate of drug-likeness (QED) is 0.346. The van der Waals surface area contributed by atoms with E-state index in [0.717, 1.165) is 0 Å². The summed E-state index contributed by atoms with van der Waals surface area (Å²) < 4.78 is 9.74. The van der Waals surface area contributed by atoms with Crippen LogP contribution >= 0.6 is 0 Å². The first kappa shape index (κ1) is 22.9. The Labute approximate surface area is 163 Å². The van der Waals surface area contributed by atoms with Gasteiger partial charge in [-0.15, -0.1) is 0 Å². The summed E-state index contributed by atoms with van der Waals surface area (Å²) in [4.78, 5) is 55.4. The molecule has 0 radical (unpaired) electrons. The number of hydrogen-bond acceptors (Lipinski definition) is 8. The average molecular weight is 388 g/mol. The molecule has 1 rings (SSSR count). The molecule has 2 atom stereocenters. The van der Waals surface area contributed by atoms with E-state index in [9.17, 15) is 19.2 Å². The minimum Gasteiger partial charge on any atom is -0.465 e. The van der Waals surface area contributed by atoms with E-state index < -0.39 is 35.3 Å². The minimum atomic E-state index is -1.12. The van der Waals surface area contributed by atoms with Crippen molar-refractivity contribution >= 4 is 47.3 Å². The van der Waals surface area contributed by atoms with Crippen LogP contribution in [0.1, 0.15) is 27.7 Å². The Morgan fingerprint density at radius 1 is 0.821 bits per heavy atom. The highest BCUT2D eigenvalue weighted by Gasteiger charge is 2.23. The standard InChI is InChI=1S/C20H24N2O6/c1-5-27-19(25)15(13(3)23)11-21-17-9-7-8-10-18(17)22-12-16(14(4)24)20(26)28-6-2/h7-12,15-16H,5-6H2,1-4H3. The molecule has 150 valence electrons. The number of benzene rings is 1. The molecule has 0 spiro atoms. The van der Waals surface area contributed by atoms with Gasteiger partial charge in [-0.1, -0.05) is 12.1 Å². The molecule has 0 N–H and O–H groups in total. The molecule has 0 heterocycles. The molecule has 2 unspecified atom stereocenters. The van der Waals surface area contributed by atoms with Crippen molar-refractivity contribution in [1.29, 1.82) is 0 Å². The number of hydrogen-bond donors (Lipinski definition) is 0. The van der Waals surface area contributed by atoms with Gasteiger partial charge in [-0.05, 0) is 39.8 Å². The predicted octanol–water partition coefficient (Wildman–Crippen LogP) is 2.63. The maximum absolute atomic E-state index is 11.9. The number of esters is 2. The van der Waals surface area contributed by atoms with E-state index in [1.54, 1.807) is 38.1 Å². The first-order chi connectivity index (χ1) is 13.3. The lowest BCUT2D eigenvalue weighted by atomic mass is 10.1. The minimum absolute atomic E-state index is 0.150. The smallest absolute Gasteiger partial charge is 0.321 e. The van der Waals surface area contributed by atoms with E-state index in [-0.39, 0.29) is 13.2 Å². The largest absolute Gasteiger partial charge is 0.465 e. The van der Waals surface area contributed by atoms with Crippen LogP contribution in [0.5, 0.6) is 0 Å². The van der Waals surface area contributed by atoms with Crippen molar-refractivity contribution in [2.75, 3.05) is 13.2 Å². The molecule has 0 aliphatic carbocycles. The fourth-order valence-electron chi connectivity index (χ4n) is 2.12. The molecule has 0 aromatic heterocycles. The van der Waals surface area contributed by atoms with Crippen molar-refractivity contribution in [3.05, 3.63) is 24.3 Å². The summed E-state index contributed by atoms with van der Waals surface area (Å²) in [6, 6.07) is 6.65. The van der Waals surface area contributed by atoms with Gasteiger partial charge in [-0.2, -0.15) is 0 Å². The van der Waals surface area contributed by atoms with Gasteiger partial charge < -0.3 is 9.47 Å². The van der Waals surface area contributed by atoms with E-state index in [0.29, 0.717) is 11.4 Å². The molecule has 1 aromatic rings. The van der Waals surface area contributed by atoms with Crippen molar-refractivity contribution in [2.45, 2.75) is 27.7 Å². The van der Waals surface area contributed by atoms with Crippen molar-refractivity contribution < 1.29 is 28.7 Å². The van der Waals surface area contributed by atoms with Gasteiger partial charge in [0.2, 0.25) is 0 Å². The topological polar surface area (TPSA) is 111 Å². The monoisotopic (exact) mass is 388 g/mol. The zero-order valence-electron chi connectivity index (χ0n) is 16.4. The molecule has 8 heteroatoms. The van der Waals surface area contributed by atoms with Crippen LogP contribution in [-0.2, 0) is 28.7 Å². The van der Waals surface area contributed by atoms with Gasteiger partial charge in [0.1, 0.15) is 11.6 Å². The second-order valence-corrected chi connectivity index (χ2v) is 5.73. The molecular formula is C20H24N2O6. The van der Waals surface area contributed by atoms with Crippen LogP contribution in [0, 0.1) is 11.8 Å². The Hall–Kier alpha value is -3.16.